The standard InChI is InChI=1S/C19H27FN4O2.2ClH/c20-17-10-15(6-7-18(25)23-26)11-21-19(17)22-16-8-9-24(13-16)12-14-4-2-1-3-5-14;;/h6-7,10-11,14,16,26H,1-5,8-9,12-13H2,(H,21,22)(H,23,25);2*1H/b7-6+;;. The highest BCUT2D eigenvalue weighted by atomic mass is 35.5. The van der Waals surface area contributed by atoms with Crippen molar-refractivity contribution in [1.29, 1.82) is 0 Å². The minimum atomic E-state index is -0.670. The number of halogens is 3. The van der Waals surface area contributed by atoms with E-state index in [0.29, 0.717) is 5.56 Å². The Labute approximate surface area is 177 Å². The average Bonchev–Trinajstić information content (AvgIpc) is 3.09. The van der Waals surface area contributed by atoms with Crippen molar-refractivity contribution in [2.75, 3.05) is 25.0 Å². The Balaban J connectivity index is 0.00000196. The van der Waals surface area contributed by atoms with Crippen molar-refractivity contribution in [3.8, 4) is 0 Å². The number of hydrogen-bond donors (Lipinski definition) is 3. The number of hydroxylamine groups is 1. The molecule has 6 nitrogen and oxygen atoms in total. The van der Waals surface area contributed by atoms with Crippen molar-refractivity contribution < 1.29 is 14.4 Å². The molecule has 3 N–H and O–H groups in total. The van der Waals surface area contributed by atoms with Crippen molar-refractivity contribution in [1.82, 2.24) is 15.4 Å². The van der Waals surface area contributed by atoms with Gasteiger partial charge in [-0.3, -0.25) is 10.0 Å². The van der Waals surface area contributed by atoms with E-state index in [-0.39, 0.29) is 36.7 Å². The van der Waals surface area contributed by atoms with Crippen molar-refractivity contribution in [3.05, 3.63) is 29.7 Å². The van der Waals surface area contributed by atoms with Crippen LogP contribution in [0.15, 0.2) is 18.3 Å². The molecule has 9 heteroatoms. The molecule has 1 aliphatic carbocycles. The van der Waals surface area contributed by atoms with Gasteiger partial charge in [0.25, 0.3) is 5.91 Å². The van der Waals surface area contributed by atoms with E-state index in [4.69, 9.17) is 5.21 Å². The summed E-state index contributed by atoms with van der Waals surface area (Å²) in [4.78, 5) is 17.6. The fourth-order valence-electron chi connectivity index (χ4n) is 3.90. The van der Waals surface area contributed by atoms with E-state index in [1.165, 1.54) is 55.9 Å². The van der Waals surface area contributed by atoms with E-state index in [9.17, 15) is 9.18 Å². The largest absolute Gasteiger partial charge is 0.364 e. The van der Waals surface area contributed by atoms with Gasteiger partial charge in [-0.1, -0.05) is 19.3 Å². The maximum atomic E-state index is 14.3. The molecule has 1 unspecified atom stereocenters. The summed E-state index contributed by atoms with van der Waals surface area (Å²) in [5.41, 5.74) is 1.95. The molecule has 1 saturated carbocycles. The van der Waals surface area contributed by atoms with Gasteiger partial charge in [-0.15, -0.1) is 24.8 Å². The quantitative estimate of drug-likeness (QED) is 0.361. The van der Waals surface area contributed by atoms with Crippen LogP contribution in [0.4, 0.5) is 10.2 Å². The molecule has 28 heavy (non-hydrogen) atoms. The van der Waals surface area contributed by atoms with Gasteiger partial charge in [0.15, 0.2) is 11.6 Å². The van der Waals surface area contributed by atoms with Gasteiger partial charge in [0.2, 0.25) is 0 Å². The third-order valence-corrected chi connectivity index (χ3v) is 5.25. The van der Waals surface area contributed by atoms with Crippen LogP contribution in [0.1, 0.15) is 44.1 Å². The van der Waals surface area contributed by atoms with E-state index in [1.54, 1.807) is 0 Å². The van der Waals surface area contributed by atoms with E-state index >= 15 is 0 Å². The molecular weight excluding hydrogens is 406 g/mol. The highest BCUT2D eigenvalue weighted by molar-refractivity contribution is 5.90. The maximum Gasteiger partial charge on any atom is 0.267 e. The first-order valence-corrected chi connectivity index (χ1v) is 9.40. The third-order valence-electron chi connectivity index (χ3n) is 5.25. The molecule has 158 valence electrons. The lowest BCUT2D eigenvalue weighted by atomic mass is 9.89. The number of carbonyl (C=O) groups is 1. The van der Waals surface area contributed by atoms with Crippen LogP contribution in [0.5, 0.6) is 0 Å². The normalized spacial score (nSPS) is 20.4. The number of hydrogen-bond acceptors (Lipinski definition) is 5. The van der Waals surface area contributed by atoms with Crippen molar-refractivity contribution in [2.24, 2.45) is 5.92 Å². The van der Waals surface area contributed by atoms with Crippen LogP contribution in [0, 0.1) is 11.7 Å². The first kappa shape index (κ1) is 24.6. The summed E-state index contributed by atoms with van der Waals surface area (Å²) in [6.07, 6.45) is 11.8. The highest BCUT2D eigenvalue weighted by Crippen LogP contribution is 2.26. The Morgan fingerprint density at radius 1 is 1.29 bits per heavy atom. The average molecular weight is 435 g/mol. The molecule has 2 fully saturated rings. The molecule has 1 atom stereocenters. The molecule has 0 radical (unpaired) electrons. The molecular formula is C19H29Cl2FN4O2. The van der Waals surface area contributed by atoms with Gasteiger partial charge in [0.1, 0.15) is 0 Å². The number of nitrogens with zero attached hydrogens (tertiary/aromatic N) is 2. The monoisotopic (exact) mass is 434 g/mol. The van der Waals surface area contributed by atoms with Gasteiger partial charge in [-0.25, -0.2) is 14.9 Å². The number of likely N-dealkylation sites (tertiary alicyclic amines) is 1. The van der Waals surface area contributed by atoms with Crippen LogP contribution < -0.4 is 10.8 Å². The summed E-state index contributed by atoms with van der Waals surface area (Å²) in [5, 5.41) is 11.6. The predicted molar refractivity (Wildman–Crippen MR) is 113 cm³/mol. The van der Waals surface area contributed by atoms with Gasteiger partial charge in [-0.05, 0) is 42.9 Å². The molecule has 1 aromatic heterocycles. The Bertz CT molecular complexity index is 657. The van der Waals surface area contributed by atoms with Gasteiger partial charge < -0.3 is 10.2 Å². The topological polar surface area (TPSA) is 77.5 Å². The van der Waals surface area contributed by atoms with Crippen molar-refractivity contribution >= 4 is 42.6 Å². The molecule has 3 rings (SSSR count). The molecule has 1 saturated heterocycles. The summed E-state index contributed by atoms with van der Waals surface area (Å²) >= 11 is 0. The second kappa shape index (κ2) is 12.2. The van der Waals surface area contributed by atoms with Gasteiger partial charge >= 0.3 is 0 Å². The zero-order valence-corrected chi connectivity index (χ0v) is 17.4. The summed E-state index contributed by atoms with van der Waals surface area (Å²) in [5.74, 6) is -0.0447. The highest BCUT2D eigenvalue weighted by Gasteiger charge is 2.26. The van der Waals surface area contributed by atoms with Gasteiger partial charge in [0.05, 0.1) is 0 Å². The predicted octanol–water partition coefficient (Wildman–Crippen LogP) is 3.65. The third kappa shape index (κ3) is 7.20. The summed E-state index contributed by atoms with van der Waals surface area (Å²) in [6, 6.07) is 1.53. The number of anilines is 1. The Morgan fingerprint density at radius 2 is 2.04 bits per heavy atom. The number of pyridine rings is 1. The molecule has 2 heterocycles. The van der Waals surface area contributed by atoms with Gasteiger partial charge in [-0.2, -0.15) is 0 Å². The fraction of sp³-hybridized carbons (Fsp3) is 0.579. The maximum absolute atomic E-state index is 14.3. The fourth-order valence-corrected chi connectivity index (χ4v) is 3.90. The zero-order valence-electron chi connectivity index (χ0n) is 15.8. The second-order valence-electron chi connectivity index (χ2n) is 7.30. The van der Waals surface area contributed by atoms with Gasteiger partial charge in [0, 0.05) is 37.9 Å². The van der Waals surface area contributed by atoms with Crippen LogP contribution in [0.3, 0.4) is 0 Å². The minimum Gasteiger partial charge on any atom is -0.364 e. The molecule has 2 aliphatic rings. The summed E-state index contributed by atoms with van der Waals surface area (Å²) in [6.45, 7) is 3.13. The number of rotatable bonds is 6. The molecule has 1 aromatic rings. The lowest BCUT2D eigenvalue weighted by Gasteiger charge is -2.26. The van der Waals surface area contributed by atoms with E-state index in [2.05, 4.69) is 15.2 Å². The summed E-state index contributed by atoms with van der Waals surface area (Å²) < 4.78 is 14.3. The van der Waals surface area contributed by atoms with E-state index in [1.807, 2.05) is 0 Å². The lowest BCUT2D eigenvalue weighted by molar-refractivity contribution is -0.124. The van der Waals surface area contributed by atoms with Crippen molar-refractivity contribution in [3.63, 3.8) is 0 Å². The number of amides is 1. The minimum absolute atomic E-state index is 0. The number of nitrogens with one attached hydrogen (secondary N) is 2. The second-order valence-corrected chi connectivity index (χ2v) is 7.30. The first-order chi connectivity index (χ1) is 12.6. The van der Waals surface area contributed by atoms with E-state index in [0.717, 1.165) is 38.0 Å². The van der Waals surface area contributed by atoms with Crippen LogP contribution in [-0.4, -0.2) is 46.7 Å². The molecule has 0 aromatic carbocycles. The van der Waals surface area contributed by atoms with Crippen molar-refractivity contribution in [2.45, 2.75) is 44.6 Å². The van der Waals surface area contributed by atoms with E-state index < -0.39 is 11.7 Å². The lowest BCUT2D eigenvalue weighted by Crippen LogP contribution is -2.31. The molecule has 1 aliphatic heterocycles. The summed E-state index contributed by atoms with van der Waals surface area (Å²) in [7, 11) is 0. The van der Waals surface area contributed by atoms with Crippen LogP contribution in [0.25, 0.3) is 6.08 Å². The Hall–Kier alpha value is -1.41. The Kier molecular flexibility index (Phi) is 10.7. The van der Waals surface area contributed by atoms with Crippen LogP contribution in [-0.2, 0) is 4.79 Å². The molecule has 1 amide bonds. The first-order valence-electron chi connectivity index (χ1n) is 9.40. The van der Waals surface area contributed by atoms with Crippen LogP contribution in [0.2, 0.25) is 0 Å². The number of aromatic nitrogens is 1. The smallest absolute Gasteiger partial charge is 0.267 e. The Morgan fingerprint density at radius 3 is 2.71 bits per heavy atom. The SMILES string of the molecule is Cl.Cl.O=C(/C=C/c1cnc(NC2CCN(CC3CCCCC3)C2)c(F)c1)NO. The van der Waals surface area contributed by atoms with Crippen LogP contribution >= 0.6 is 24.8 Å². The molecule has 0 spiro atoms. The molecule has 0 bridgehead atoms. The zero-order chi connectivity index (χ0) is 18.4. The number of carbonyl (C=O) groups excluding carboxylic acids is 1.